The van der Waals surface area contributed by atoms with E-state index in [2.05, 4.69) is 5.32 Å². The van der Waals surface area contributed by atoms with Gasteiger partial charge in [0.2, 0.25) is 5.91 Å². The molecule has 0 bridgehead atoms. The second-order valence-corrected chi connectivity index (χ2v) is 9.88. The summed E-state index contributed by atoms with van der Waals surface area (Å²) in [5.74, 6) is 0.121. The van der Waals surface area contributed by atoms with Crippen LogP contribution in [0.15, 0.2) is 58.3 Å². The molecule has 2 aromatic rings. The van der Waals surface area contributed by atoms with Crippen molar-refractivity contribution in [1.82, 2.24) is 5.32 Å². The Balaban J connectivity index is 1.96. The van der Waals surface area contributed by atoms with E-state index in [1.54, 1.807) is 48.5 Å². The molecule has 0 spiro atoms. The number of hydrogen-bond acceptors (Lipinski definition) is 5. The monoisotopic (exact) mass is 448 g/mol. The first-order valence-electron chi connectivity index (χ1n) is 10.1. The summed E-state index contributed by atoms with van der Waals surface area (Å²) in [6, 6.07) is 13.7. The van der Waals surface area contributed by atoms with E-state index in [0.717, 1.165) is 34.9 Å². The van der Waals surface area contributed by atoms with Gasteiger partial charge in [0.05, 0.1) is 17.2 Å². The second kappa shape index (κ2) is 10.2. The van der Waals surface area contributed by atoms with Crippen LogP contribution in [0.25, 0.3) is 0 Å². The second-order valence-electron chi connectivity index (χ2n) is 7.14. The number of thioether (sulfide) groups is 1. The molecule has 0 heterocycles. The first kappa shape index (κ1) is 22.5. The molecule has 1 aliphatic carbocycles. The molecule has 1 N–H and O–H groups in total. The van der Waals surface area contributed by atoms with Gasteiger partial charge < -0.3 is 10.1 Å². The minimum absolute atomic E-state index is 0.116. The quantitative estimate of drug-likeness (QED) is 0.586. The molecule has 0 radical (unpaired) electrons. The Bertz CT molecular complexity index is 955. The molecule has 1 saturated carbocycles. The smallest absolute Gasteiger partial charge is 0.264 e. The Hall–Kier alpha value is -2.19. The number of hydrogen-bond donors (Lipinski definition) is 1. The van der Waals surface area contributed by atoms with Crippen molar-refractivity contribution in [2.45, 2.75) is 48.4 Å². The molecule has 0 saturated heterocycles. The molecule has 0 atom stereocenters. The number of para-hydroxylation sites is 2. The lowest BCUT2D eigenvalue weighted by molar-refractivity contribution is -0.120. The molecule has 3 rings (SSSR count). The molecule has 30 heavy (non-hydrogen) atoms. The maximum Gasteiger partial charge on any atom is 0.264 e. The summed E-state index contributed by atoms with van der Waals surface area (Å²) < 4.78 is 33.9. The van der Waals surface area contributed by atoms with Gasteiger partial charge in [-0.25, -0.2) is 8.42 Å². The summed E-state index contributed by atoms with van der Waals surface area (Å²) in [4.78, 5) is 13.9. The van der Waals surface area contributed by atoms with Crippen LogP contribution in [0, 0.1) is 0 Å². The molecule has 0 aromatic heterocycles. The topological polar surface area (TPSA) is 75.7 Å². The molecule has 0 aliphatic heterocycles. The van der Waals surface area contributed by atoms with E-state index in [1.165, 1.54) is 11.8 Å². The van der Waals surface area contributed by atoms with Crippen LogP contribution in [0.2, 0.25) is 0 Å². The minimum atomic E-state index is -3.97. The van der Waals surface area contributed by atoms with E-state index in [0.29, 0.717) is 18.0 Å². The summed E-state index contributed by atoms with van der Waals surface area (Å²) in [5.41, 5.74) is 0.356. The maximum atomic E-state index is 13.5. The van der Waals surface area contributed by atoms with E-state index in [9.17, 15) is 13.2 Å². The molecule has 1 amide bonds. The van der Waals surface area contributed by atoms with E-state index < -0.39 is 10.0 Å². The molecule has 1 aliphatic rings. The normalized spacial score (nSPS) is 14.5. The lowest BCUT2D eigenvalue weighted by atomic mass is 10.2. The van der Waals surface area contributed by atoms with Gasteiger partial charge in [-0.1, -0.05) is 25.0 Å². The van der Waals surface area contributed by atoms with Crippen LogP contribution in [0.4, 0.5) is 5.69 Å². The minimum Gasteiger partial charge on any atom is -0.492 e. The van der Waals surface area contributed by atoms with Gasteiger partial charge in [-0.05, 0) is 62.4 Å². The average molecular weight is 449 g/mol. The van der Waals surface area contributed by atoms with Crippen LogP contribution in [0.1, 0.15) is 32.6 Å². The zero-order valence-electron chi connectivity index (χ0n) is 17.3. The standard InChI is InChI=1S/C22H28N2O4S2/c1-3-28-21-11-7-6-10-20(21)24(16-22(25)23-17-8-4-5-9-17)30(26,27)19-14-12-18(29-2)13-15-19/h6-7,10-15,17H,3-5,8-9,16H2,1-2H3,(H,23,25). The SMILES string of the molecule is CCOc1ccccc1N(CC(=O)NC1CCCC1)S(=O)(=O)c1ccc(SC)cc1. The van der Waals surface area contributed by atoms with Gasteiger partial charge >= 0.3 is 0 Å². The Morgan fingerprint density at radius 1 is 1.13 bits per heavy atom. The first-order valence-corrected chi connectivity index (χ1v) is 12.8. The predicted molar refractivity (Wildman–Crippen MR) is 121 cm³/mol. The van der Waals surface area contributed by atoms with Crippen molar-refractivity contribution in [3.63, 3.8) is 0 Å². The summed E-state index contributed by atoms with van der Waals surface area (Å²) in [6.07, 6.45) is 5.97. The van der Waals surface area contributed by atoms with Crippen molar-refractivity contribution in [2.24, 2.45) is 0 Å². The molecule has 8 heteroatoms. The van der Waals surface area contributed by atoms with Crippen molar-refractivity contribution in [3.05, 3.63) is 48.5 Å². The molecule has 6 nitrogen and oxygen atoms in total. The molecule has 2 aromatic carbocycles. The van der Waals surface area contributed by atoms with E-state index in [1.807, 2.05) is 13.2 Å². The Morgan fingerprint density at radius 3 is 2.43 bits per heavy atom. The van der Waals surface area contributed by atoms with Crippen LogP contribution in [-0.4, -0.2) is 39.8 Å². The fraction of sp³-hybridized carbons (Fsp3) is 0.409. The van der Waals surface area contributed by atoms with Crippen LogP contribution in [0.5, 0.6) is 5.75 Å². The number of rotatable bonds is 9. The lowest BCUT2D eigenvalue weighted by Crippen LogP contribution is -2.43. The summed E-state index contributed by atoms with van der Waals surface area (Å²) in [7, 11) is -3.97. The largest absolute Gasteiger partial charge is 0.492 e. The fourth-order valence-electron chi connectivity index (χ4n) is 3.59. The van der Waals surface area contributed by atoms with Crippen molar-refractivity contribution in [2.75, 3.05) is 23.7 Å². The highest BCUT2D eigenvalue weighted by Gasteiger charge is 2.30. The van der Waals surface area contributed by atoms with Gasteiger partial charge in [0, 0.05) is 10.9 Å². The van der Waals surface area contributed by atoms with Crippen LogP contribution >= 0.6 is 11.8 Å². The lowest BCUT2D eigenvalue weighted by Gasteiger charge is -2.26. The van der Waals surface area contributed by atoms with Gasteiger partial charge in [-0.3, -0.25) is 9.10 Å². The molecule has 1 fully saturated rings. The number of carbonyl (C=O) groups is 1. The Kier molecular flexibility index (Phi) is 7.66. The average Bonchev–Trinajstić information content (AvgIpc) is 3.26. The zero-order valence-corrected chi connectivity index (χ0v) is 19.0. The van der Waals surface area contributed by atoms with Crippen LogP contribution in [-0.2, 0) is 14.8 Å². The third-order valence-corrected chi connectivity index (χ3v) is 7.61. The molecule has 0 unspecified atom stereocenters. The third kappa shape index (κ3) is 5.29. The highest BCUT2D eigenvalue weighted by molar-refractivity contribution is 7.98. The summed E-state index contributed by atoms with van der Waals surface area (Å²) >= 11 is 1.54. The van der Waals surface area contributed by atoms with Crippen molar-refractivity contribution in [1.29, 1.82) is 0 Å². The number of ether oxygens (including phenoxy) is 1. The predicted octanol–water partition coefficient (Wildman–Crippen LogP) is 4.06. The van der Waals surface area contributed by atoms with Gasteiger partial charge in [-0.15, -0.1) is 11.8 Å². The van der Waals surface area contributed by atoms with Crippen molar-refractivity contribution in [3.8, 4) is 5.75 Å². The number of nitrogens with one attached hydrogen (secondary N) is 1. The zero-order chi connectivity index (χ0) is 21.6. The maximum absolute atomic E-state index is 13.5. The van der Waals surface area contributed by atoms with Gasteiger partial charge in [0.25, 0.3) is 10.0 Å². The molecular formula is C22H28N2O4S2. The number of amides is 1. The summed E-state index contributed by atoms with van der Waals surface area (Å²) in [6.45, 7) is 1.93. The van der Waals surface area contributed by atoms with Crippen molar-refractivity contribution >= 4 is 33.4 Å². The van der Waals surface area contributed by atoms with E-state index in [4.69, 9.17) is 4.74 Å². The highest BCUT2D eigenvalue weighted by atomic mass is 32.2. The van der Waals surface area contributed by atoms with Gasteiger partial charge in [-0.2, -0.15) is 0 Å². The van der Waals surface area contributed by atoms with Crippen LogP contribution in [0.3, 0.4) is 0 Å². The number of nitrogens with zero attached hydrogens (tertiary/aromatic N) is 1. The summed E-state index contributed by atoms with van der Waals surface area (Å²) in [5, 5.41) is 2.98. The highest BCUT2D eigenvalue weighted by Crippen LogP contribution is 2.33. The van der Waals surface area contributed by atoms with Gasteiger partial charge in [0.1, 0.15) is 12.3 Å². The Labute approximate surface area is 183 Å². The molecule has 162 valence electrons. The van der Waals surface area contributed by atoms with E-state index in [-0.39, 0.29) is 23.4 Å². The number of anilines is 1. The number of carbonyl (C=O) groups excluding carboxylic acids is 1. The first-order chi connectivity index (χ1) is 14.5. The van der Waals surface area contributed by atoms with E-state index >= 15 is 0 Å². The third-order valence-electron chi connectivity index (χ3n) is 5.09. The number of sulfonamides is 1. The van der Waals surface area contributed by atoms with Crippen molar-refractivity contribution < 1.29 is 17.9 Å². The van der Waals surface area contributed by atoms with Gasteiger partial charge in [0.15, 0.2) is 0 Å². The number of benzene rings is 2. The van der Waals surface area contributed by atoms with Crippen LogP contribution < -0.4 is 14.4 Å². The fourth-order valence-corrected chi connectivity index (χ4v) is 5.43. The molecular weight excluding hydrogens is 420 g/mol. The Morgan fingerprint density at radius 2 is 1.80 bits per heavy atom.